The number of nitrogens with one attached hydrogen (secondary N) is 2. The van der Waals surface area contributed by atoms with Crippen molar-refractivity contribution in [3.05, 3.63) is 30.1 Å². The molecule has 23 heavy (non-hydrogen) atoms. The lowest BCUT2D eigenvalue weighted by Gasteiger charge is -2.04. The number of nitrogens with zero attached hydrogens (tertiary/aromatic N) is 2. The molecule has 0 aliphatic rings. The lowest BCUT2D eigenvalue weighted by Crippen LogP contribution is -2.33. The molecule has 1 aromatic carbocycles. The maximum atomic E-state index is 11.9. The highest BCUT2D eigenvalue weighted by atomic mass is 16.5. The van der Waals surface area contributed by atoms with E-state index in [1.165, 1.54) is 0 Å². The summed E-state index contributed by atoms with van der Waals surface area (Å²) in [5, 5.41) is 9.53. The van der Waals surface area contributed by atoms with Crippen LogP contribution in [-0.4, -0.2) is 56.5 Å². The van der Waals surface area contributed by atoms with E-state index in [0.717, 1.165) is 6.54 Å². The zero-order valence-electron chi connectivity index (χ0n) is 13.2. The molecule has 8 nitrogen and oxygen atoms in total. The van der Waals surface area contributed by atoms with Crippen LogP contribution in [0.2, 0.25) is 0 Å². The second-order valence-electron chi connectivity index (χ2n) is 4.65. The lowest BCUT2D eigenvalue weighted by molar-refractivity contribution is 0.0940. The molecule has 0 bridgehead atoms. The van der Waals surface area contributed by atoms with E-state index in [0.29, 0.717) is 31.0 Å². The van der Waals surface area contributed by atoms with Gasteiger partial charge < -0.3 is 24.6 Å². The van der Waals surface area contributed by atoms with Crippen LogP contribution in [0.3, 0.4) is 0 Å². The van der Waals surface area contributed by atoms with Gasteiger partial charge >= 0.3 is 0 Å². The summed E-state index contributed by atoms with van der Waals surface area (Å²) in [6.45, 7) is 2.46. The zero-order valence-corrected chi connectivity index (χ0v) is 13.2. The summed E-state index contributed by atoms with van der Waals surface area (Å²) in [5.41, 5.74) is 0.692. The molecular weight excluding hydrogens is 300 g/mol. The molecule has 1 aromatic heterocycles. The molecule has 1 heterocycles. The Bertz CT molecular complexity index is 629. The van der Waals surface area contributed by atoms with Gasteiger partial charge in [0.1, 0.15) is 5.75 Å². The highest BCUT2D eigenvalue weighted by Gasteiger charge is 2.15. The van der Waals surface area contributed by atoms with Crippen LogP contribution in [0.1, 0.15) is 10.6 Å². The number of rotatable bonds is 9. The summed E-state index contributed by atoms with van der Waals surface area (Å²) in [4.78, 5) is 16.0. The van der Waals surface area contributed by atoms with Crippen LogP contribution in [-0.2, 0) is 4.74 Å². The van der Waals surface area contributed by atoms with Crippen molar-refractivity contribution >= 4 is 5.91 Å². The van der Waals surface area contributed by atoms with E-state index in [1.54, 1.807) is 26.4 Å². The number of carbonyl (C=O) groups is 1. The van der Waals surface area contributed by atoms with E-state index >= 15 is 0 Å². The molecule has 0 saturated carbocycles. The number of benzene rings is 1. The van der Waals surface area contributed by atoms with Gasteiger partial charge in [0, 0.05) is 32.3 Å². The largest absolute Gasteiger partial charge is 0.497 e. The number of hydrogen-bond acceptors (Lipinski definition) is 7. The van der Waals surface area contributed by atoms with Crippen molar-refractivity contribution in [2.24, 2.45) is 0 Å². The van der Waals surface area contributed by atoms with Crippen LogP contribution >= 0.6 is 0 Å². The Balaban J connectivity index is 1.87. The minimum atomic E-state index is -0.378. The van der Waals surface area contributed by atoms with E-state index in [2.05, 4.69) is 20.8 Å². The second kappa shape index (κ2) is 8.86. The Hall–Kier alpha value is -2.45. The molecule has 0 atom stereocenters. The Morgan fingerprint density at radius 3 is 2.91 bits per heavy atom. The van der Waals surface area contributed by atoms with Gasteiger partial charge in [-0.1, -0.05) is 11.2 Å². The van der Waals surface area contributed by atoms with Crippen LogP contribution in [0.5, 0.6) is 5.75 Å². The normalized spacial score (nSPS) is 10.5. The van der Waals surface area contributed by atoms with Gasteiger partial charge in [0.05, 0.1) is 13.7 Å². The molecule has 124 valence electrons. The van der Waals surface area contributed by atoms with Crippen molar-refractivity contribution in [3.63, 3.8) is 0 Å². The molecule has 0 spiro atoms. The number of hydrogen-bond donors (Lipinski definition) is 2. The molecule has 8 heteroatoms. The van der Waals surface area contributed by atoms with Crippen molar-refractivity contribution in [1.29, 1.82) is 0 Å². The Labute approximate surface area is 134 Å². The van der Waals surface area contributed by atoms with Crippen molar-refractivity contribution in [1.82, 2.24) is 20.8 Å². The SMILES string of the molecule is COCCNCCNC(=O)c1noc(-c2cccc(OC)c2)n1. The molecule has 0 aliphatic heterocycles. The number of carbonyl (C=O) groups excluding carboxylic acids is 1. The van der Waals surface area contributed by atoms with E-state index in [1.807, 2.05) is 12.1 Å². The first-order valence-corrected chi connectivity index (χ1v) is 7.20. The van der Waals surface area contributed by atoms with Gasteiger partial charge in [-0.3, -0.25) is 4.79 Å². The van der Waals surface area contributed by atoms with Crippen molar-refractivity contribution in [2.45, 2.75) is 0 Å². The maximum Gasteiger partial charge on any atom is 0.292 e. The molecule has 0 aliphatic carbocycles. The average Bonchev–Trinajstić information content (AvgIpc) is 3.08. The maximum absolute atomic E-state index is 11.9. The first kappa shape index (κ1) is 16.9. The molecular formula is C15H20N4O4. The molecule has 2 rings (SSSR count). The van der Waals surface area contributed by atoms with E-state index in [-0.39, 0.29) is 17.6 Å². The minimum Gasteiger partial charge on any atom is -0.497 e. The first-order valence-electron chi connectivity index (χ1n) is 7.20. The fourth-order valence-electron chi connectivity index (χ4n) is 1.83. The summed E-state index contributed by atoms with van der Waals surface area (Å²) in [6.07, 6.45) is 0. The lowest BCUT2D eigenvalue weighted by atomic mass is 10.2. The molecule has 0 unspecified atom stereocenters. The third-order valence-electron chi connectivity index (χ3n) is 3.02. The van der Waals surface area contributed by atoms with Crippen LogP contribution in [0, 0.1) is 0 Å². The van der Waals surface area contributed by atoms with Gasteiger partial charge in [-0.2, -0.15) is 4.98 Å². The summed E-state index contributed by atoms with van der Waals surface area (Å²) in [6, 6.07) is 7.18. The molecule has 0 saturated heterocycles. The third kappa shape index (κ3) is 5.04. The highest BCUT2D eigenvalue weighted by molar-refractivity contribution is 5.90. The van der Waals surface area contributed by atoms with E-state index in [9.17, 15) is 4.79 Å². The minimum absolute atomic E-state index is 0.000267. The van der Waals surface area contributed by atoms with E-state index in [4.69, 9.17) is 14.0 Å². The third-order valence-corrected chi connectivity index (χ3v) is 3.02. The average molecular weight is 320 g/mol. The molecule has 0 fully saturated rings. The standard InChI is InChI=1S/C15H20N4O4/c1-21-9-8-16-6-7-17-14(20)13-18-15(23-19-13)11-4-3-5-12(10-11)22-2/h3-5,10,16H,6-9H2,1-2H3,(H,17,20). The summed E-state index contributed by atoms with van der Waals surface area (Å²) < 4.78 is 15.2. The van der Waals surface area contributed by atoms with Crippen LogP contribution in [0.15, 0.2) is 28.8 Å². The number of methoxy groups -OCH3 is 2. The Morgan fingerprint density at radius 1 is 1.26 bits per heavy atom. The Kier molecular flexibility index (Phi) is 6.52. The fourth-order valence-corrected chi connectivity index (χ4v) is 1.83. The van der Waals surface area contributed by atoms with E-state index < -0.39 is 0 Å². The van der Waals surface area contributed by atoms with Crippen LogP contribution in [0.4, 0.5) is 0 Å². The molecule has 2 aromatic rings. The van der Waals surface area contributed by atoms with Gasteiger partial charge in [0.25, 0.3) is 17.6 Å². The Morgan fingerprint density at radius 2 is 2.13 bits per heavy atom. The quantitative estimate of drug-likeness (QED) is 0.657. The monoisotopic (exact) mass is 320 g/mol. The highest BCUT2D eigenvalue weighted by Crippen LogP contribution is 2.21. The molecule has 2 N–H and O–H groups in total. The number of aromatic nitrogens is 2. The van der Waals surface area contributed by atoms with Crippen LogP contribution in [0.25, 0.3) is 11.5 Å². The summed E-state index contributed by atoms with van der Waals surface area (Å²) in [7, 11) is 3.21. The molecule has 1 amide bonds. The molecule has 0 radical (unpaired) electrons. The number of ether oxygens (including phenoxy) is 2. The summed E-state index contributed by atoms with van der Waals surface area (Å²) in [5.74, 6) is 0.567. The second-order valence-corrected chi connectivity index (χ2v) is 4.65. The van der Waals surface area contributed by atoms with Crippen molar-refractivity contribution < 1.29 is 18.8 Å². The summed E-state index contributed by atoms with van der Waals surface area (Å²) >= 11 is 0. The zero-order chi connectivity index (χ0) is 16.5. The predicted octanol–water partition coefficient (Wildman–Crippen LogP) is 0.711. The van der Waals surface area contributed by atoms with Gasteiger partial charge in [0.15, 0.2) is 0 Å². The van der Waals surface area contributed by atoms with Gasteiger partial charge in [0.2, 0.25) is 0 Å². The van der Waals surface area contributed by atoms with Crippen molar-refractivity contribution in [2.75, 3.05) is 40.5 Å². The van der Waals surface area contributed by atoms with Gasteiger partial charge in [-0.05, 0) is 18.2 Å². The van der Waals surface area contributed by atoms with Gasteiger partial charge in [-0.15, -0.1) is 0 Å². The van der Waals surface area contributed by atoms with Crippen LogP contribution < -0.4 is 15.4 Å². The number of amides is 1. The first-order chi connectivity index (χ1) is 11.2. The van der Waals surface area contributed by atoms with Gasteiger partial charge in [-0.25, -0.2) is 0 Å². The topological polar surface area (TPSA) is 98.5 Å². The van der Waals surface area contributed by atoms with Crippen molar-refractivity contribution in [3.8, 4) is 17.2 Å². The smallest absolute Gasteiger partial charge is 0.292 e. The fraction of sp³-hybridized carbons (Fsp3) is 0.400. The predicted molar refractivity (Wildman–Crippen MR) is 83.4 cm³/mol.